The van der Waals surface area contributed by atoms with Crippen molar-refractivity contribution < 1.29 is 19.1 Å². The Morgan fingerprint density at radius 1 is 1.23 bits per heavy atom. The number of hydrogen-bond donors (Lipinski definition) is 0. The molecule has 0 radical (unpaired) electrons. The van der Waals surface area contributed by atoms with Gasteiger partial charge in [0.2, 0.25) is 0 Å². The number of nitrogens with zero attached hydrogens (tertiary/aromatic N) is 1. The number of thiocarbonyl (C=S) groups is 1. The van der Waals surface area contributed by atoms with Gasteiger partial charge in [0.25, 0.3) is 5.91 Å². The molecule has 26 heavy (non-hydrogen) atoms. The number of carboxylic acid groups (broad SMARTS) is 1. The van der Waals surface area contributed by atoms with Crippen LogP contribution in [-0.2, 0) is 9.59 Å². The third-order valence-electron chi connectivity index (χ3n) is 3.34. The predicted octanol–water partition coefficient (Wildman–Crippen LogP) is 3.86. The highest BCUT2D eigenvalue weighted by Gasteiger charge is 2.32. The number of halogens is 3. The van der Waals surface area contributed by atoms with Crippen LogP contribution in [0.3, 0.4) is 0 Å². The SMILES string of the molecule is O=C([O-])CN1C(=O)/C(=C\c2ccc(-c3cc(Cl)c(Cl)cc3Cl)o2)SC1=S. The molecule has 10 heteroatoms. The molecule has 5 nitrogen and oxygen atoms in total. The third kappa shape index (κ3) is 3.92. The van der Waals surface area contributed by atoms with Gasteiger partial charge in [0.15, 0.2) is 0 Å². The van der Waals surface area contributed by atoms with Gasteiger partial charge in [-0.3, -0.25) is 9.69 Å². The first kappa shape index (κ1) is 19.3. The molecule has 1 amide bonds. The first-order valence-electron chi connectivity index (χ1n) is 6.96. The Bertz CT molecular complexity index is 970. The van der Waals surface area contributed by atoms with Crippen LogP contribution in [0.25, 0.3) is 17.4 Å². The van der Waals surface area contributed by atoms with Gasteiger partial charge in [-0.05, 0) is 24.3 Å². The smallest absolute Gasteiger partial charge is 0.266 e. The molecular formula is C16H7Cl3NO4S2-. The molecule has 0 bridgehead atoms. The molecule has 0 N–H and O–H groups in total. The van der Waals surface area contributed by atoms with E-state index in [1.807, 2.05) is 0 Å². The summed E-state index contributed by atoms with van der Waals surface area (Å²) in [6.45, 7) is -0.593. The lowest BCUT2D eigenvalue weighted by Gasteiger charge is -2.14. The first-order chi connectivity index (χ1) is 12.3. The van der Waals surface area contributed by atoms with Gasteiger partial charge >= 0.3 is 0 Å². The van der Waals surface area contributed by atoms with Gasteiger partial charge in [-0.1, -0.05) is 58.8 Å². The standard InChI is InChI=1S/C16H8Cl3NO4S2/c17-9-5-11(19)10(18)4-8(9)12-2-1-7(24-12)3-13-15(23)20(6-14(21)22)16(25)26-13/h1-5H,6H2,(H,21,22)/p-1/b13-3+. The van der Waals surface area contributed by atoms with Crippen molar-refractivity contribution in [1.82, 2.24) is 4.90 Å². The van der Waals surface area contributed by atoms with E-state index < -0.39 is 18.4 Å². The maximum atomic E-state index is 12.2. The van der Waals surface area contributed by atoms with Crippen LogP contribution in [0, 0.1) is 0 Å². The van der Waals surface area contributed by atoms with E-state index in [9.17, 15) is 14.7 Å². The van der Waals surface area contributed by atoms with Crippen LogP contribution in [0.4, 0.5) is 0 Å². The van der Waals surface area contributed by atoms with E-state index in [1.165, 1.54) is 12.1 Å². The second-order valence-electron chi connectivity index (χ2n) is 5.09. The van der Waals surface area contributed by atoms with E-state index in [1.54, 1.807) is 18.2 Å². The molecule has 3 rings (SSSR count). The van der Waals surface area contributed by atoms with Crippen LogP contribution in [-0.4, -0.2) is 27.6 Å². The summed E-state index contributed by atoms with van der Waals surface area (Å²) in [6.07, 6.45) is 1.48. The summed E-state index contributed by atoms with van der Waals surface area (Å²) >= 11 is 24.1. The van der Waals surface area contributed by atoms with Crippen molar-refractivity contribution >= 4 is 81.1 Å². The van der Waals surface area contributed by atoms with Gasteiger partial charge in [-0.15, -0.1) is 0 Å². The summed E-state index contributed by atoms with van der Waals surface area (Å²) in [5, 5.41) is 11.7. The largest absolute Gasteiger partial charge is 0.548 e. The lowest BCUT2D eigenvalue weighted by atomic mass is 10.2. The molecule has 0 atom stereocenters. The summed E-state index contributed by atoms with van der Waals surface area (Å²) in [4.78, 5) is 24.1. The third-order valence-corrected chi connectivity index (χ3v) is 5.75. The van der Waals surface area contributed by atoms with E-state index in [0.29, 0.717) is 32.2 Å². The number of carbonyl (C=O) groups excluding carboxylic acids is 2. The molecule has 1 saturated heterocycles. The van der Waals surface area contributed by atoms with Crippen molar-refractivity contribution in [2.45, 2.75) is 0 Å². The van der Waals surface area contributed by atoms with Crippen molar-refractivity contribution in [2.24, 2.45) is 0 Å². The average Bonchev–Trinajstić information content (AvgIpc) is 3.11. The molecule has 0 aliphatic carbocycles. The first-order valence-corrected chi connectivity index (χ1v) is 9.32. The monoisotopic (exact) mass is 446 g/mol. The molecule has 134 valence electrons. The molecule has 1 fully saturated rings. The van der Waals surface area contributed by atoms with Gasteiger partial charge < -0.3 is 14.3 Å². The van der Waals surface area contributed by atoms with Crippen LogP contribution >= 0.6 is 58.8 Å². The summed E-state index contributed by atoms with van der Waals surface area (Å²) in [6, 6.07) is 6.39. The fourth-order valence-corrected chi connectivity index (χ4v) is 4.06. The van der Waals surface area contributed by atoms with Crippen molar-refractivity contribution in [3.05, 3.63) is 50.0 Å². The second kappa shape index (κ2) is 7.62. The number of carboxylic acids is 1. The van der Waals surface area contributed by atoms with Crippen molar-refractivity contribution in [1.29, 1.82) is 0 Å². The van der Waals surface area contributed by atoms with E-state index in [0.717, 1.165) is 16.7 Å². The summed E-state index contributed by atoms with van der Waals surface area (Å²) < 4.78 is 5.83. The zero-order valence-electron chi connectivity index (χ0n) is 12.6. The van der Waals surface area contributed by atoms with Gasteiger partial charge in [-0.2, -0.15) is 0 Å². The Labute approximate surface area is 172 Å². The molecule has 0 unspecified atom stereocenters. The maximum Gasteiger partial charge on any atom is 0.266 e. The number of benzene rings is 1. The van der Waals surface area contributed by atoms with Crippen LogP contribution in [0.2, 0.25) is 15.1 Å². The predicted molar refractivity (Wildman–Crippen MR) is 104 cm³/mol. The number of aliphatic carboxylic acids is 1. The molecule has 0 spiro atoms. The number of thioether (sulfide) groups is 1. The topological polar surface area (TPSA) is 73.6 Å². The Balaban J connectivity index is 1.88. The fraction of sp³-hybridized carbons (Fsp3) is 0.0625. The normalized spacial score (nSPS) is 16.0. The lowest BCUT2D eigenvalue weighted by molar-refractivity contribution is -0.305. The number of rotatable bonds is 4. The fourth-order valence-electron chi connectivity index (χ4n) is 2.18. The molecule has 1 aliphatic heterocycles. The van der Waals surface area contributed by atoms with Crippen molar-refractivity contribution in [2.75, 3.05) is 6.54 Å². The van der Waals surface area contributed by atoms with Crippen molar-refractivity contribution in [3.63, 3.8) is 0 Å². The summed E-state index contributed by atoms with van der Waals surface area (Å²) in [5.41, 5.74) is 0.546. The quantitative estimate of drug-likeness (QED) is 0.402. The Morgan fingerprint density at radius 2 is 1.92 bits per heavy atom. The minimum absolute atomic E-state index is 0.143. The highest BCUT2D eigenvalue weighted by molar-refractivity contribution is 8.26. The zero-order valence-corrected chi connectivity index (χ0v) is 16.5. The van der Waals surface area contributed by atoms with Gasteiger partial charge in [0.05, 0.1) is 32.5 Å². The highest BCUT2D eigenvalue weighted by atomic mass is 35.5. The Kier molecular flexibility index (Phi) is 5.64. The minimum Gasteiger partial charge on any atom is -0.548 e. The second-order valence-corrected chi connectivity index (χ2v) is 7.99. The molecule has 0 saturated carbocycles. The number of hydrogen-bond acceptors (Lipinski definition) is 6. The number of carbonyl (C=O) groups is 2. The number of furan rings is 1. The molecule has 1 aromatic carbocycles. The molecule has 2 heterocycles. The van der Waals surface area contributed by atoms with Crippen molar-refractivity contribution in [3.8, 4) is 11.3 Å². The minimum atomic E-state index is -1.39. The van der Waals surface area contributed by atoms with Crippen LogP contribution in [0.15, 0.2) is 33.6 Å². The van der Waals surface area contributed by atoms with Crippen LogP contribution < -0.4 is 5.11 Å². The molecule has 2 aromatic rings. The summed E-state index contributed by atoms with van der Waals surface area (Å²) in [5.74, 6) is -1.10. The van der Waals surface area contributed by atoms with Gasteiger partial charge in [-0.25, -0.2) is 0 Å². The van der Waals surface area contributed by atoms with Gasteiger partial charge in [0.1, 0.15) is 15.8 Å². The Hall–Kier alpha value is -1.51. The zero-order chi connectivity index (χ0) is 19.0. The summed E-state index contributed by atoms with van der Waals surface area (Å²) in [7, 11) is 0. The molecular weight excluding hydrogens is 441 g/mol. The maximum absolute atomic E-state index is 12.2. The van der Waals surface area contributed by atoms with Crippen LogP contribution in [0.1, 0.15) is 5.76 Å². The molecule has 1 aliphatic rings. The van der Waals surface area contributed by atoms with E-state index in [2.05, 4.69) is 0 Å². The highest BCUT2D eigenvalue weighted by Crippen LogP contribution is 2.37. The van der Waals surface area contributed by atoms with E-state index in [-0.39, 0.29) is 9.23 Å². The van der Waals surface area contributed by atoms with Crippen LogP contribution in [0.5, 0.6) is 0 Å². The van der Waals surface area contributed by atoms with E-state index in [4.69, 9.17) is 51.4 Å². The Morgan fingerprint density at radius 3 is 2.62 bits per heavy atom. The lowest BCUT2D eigenvalue weighted by Crippen LogP contribution is -2.40. The average molecular weight is 448 g/mol. The molecule has 1 aromatic heterocycles. The number of amides is 1. The van der Waals surface area contributed by atoms with E-state index >= 15 is 0 Å². The van der Waals surface area contributed by atoms with Gasteiger partial charge in [0, 0.05) is 11.6 Å².